The van der Waals surface area contributed by atoms with Gasteiger partial charge in [-0.3, -0.25) is 9.78 Å². The number of carbonyl (C=O) groups is 1. The molecule has 5 rings (SSSR count). The molecule has 3 aromatic rings. The van der Waals surface area contributed by atoms with Crippen LogP contribution in [-0.2, 0) is 9.53 Å². The molecular formula is C26H28ClN5O2S. The fraction of sp³-hybridized carbons (Fsp3) is 0.346. The van der Waals surface area contributed by atoms with Crippen LogP contribution in [0, 0.1) is 0 Å². The average molecular weight is 510 g/mol. The highest BCUT2D eigenvalue weighted by Gasteiger charge is 2.42. The van der Waals surface area contributed by atoms with Crippen molar-refractivity contribution in [2.24, 2.45) is 0 Å². The maximum absolute atomic E-state index is 12.0. The standard InChI is InChI=1S/C26H28ClN5O2S/c1-34-16-23(33)29-20-12-11-18(15-19(20)27)32-25(22-10-6-14-31(22)17-7-2-3-8-17)24(30-26(32)35)21-9-4-5-13-28-21/h4-6,9-15,17,24-25H,2-3,7-8,16H2,1H3,(H,29,33)(H,30,35)/t24-,25+/m0/s1. The Morgan fingerprint density at radius 2 is 2.06 bits per heavy atom. The van der Waals surface area contributed by atoms with E-state index in [1.54, 1.807) is 6.07 Å². The Labute approximate surface area is 215 Å². The Bertz CT molecular complexity index is 1210. The molecule has 7 nitrogen and oxygen atoms in total. The molecule has 0 spiro atoms. The van der Waals surface area contributed by atoms with Gasteiger partial charge in [-0.15, -0.1) is 0 Å². The third kappa shape index (κ3) is 4.78. The van der Waals surface area contributed by atoms with Crippen molar-refractivity contribution >= 4 is 46.2 Å². The Kier molecular flexibility index (Phi) is 7.04. The van der Waals surface area contributed by atoms with E-state index >= 15 is 0 Å². The normalized spacial score (nSPS) is 20.3. The highest BCUT2D eigenvalue weighted by atomic mass is 35.5. The fourth-order valence-electron chi connectivity index (χ4n) is 5.18. The first-order valence-electron chi connectivity index (χ1n) is 11.8. The van der Waals surface area contributed by atoms with Gasteiger partial charge in [-0.05, 0) is 67.5 Å². The highest BCUT2D eigenvalue weighted by molar-refractivity contribution is 7.80. The quantitative estimate of drug-likeness (QED) is 0.415. The van der Waals surface area contributed by atoms with Gasteiger partial charge in [0.05, 0.1) is 22.4 Å². The zero-order valence-corrected chi connectivity index (χ0v) is 21.1. The molecule has 2 aromatic heterocycles. The number of hydrogen-bond acceptors (Lipinski definition) is 4. The van der Waals surface area contributed by atoms with Gasteiger partial charge in [0.15, 0.2) is 5.11 Å². The van der Waals surface area contributed by atoms with Gasteiger partial charge in [-0.25, -0.2) is 0 Å². The predicted molar refractivity (Wildman–Crippen MR) is 142 cm³/mol. The van der Waals surface area contributed by atoms with Crippen molar-refractivity contribution in [1.82, 2.24) is 14.9 Å². The molecule has 1 saturated heterocycles. The molecule has 182 valence electrons. The summed E-state index contributed by atoms with van der Waals surface area (Å²) >= 11 is 12.5. The van der Waals surface area contributed by atoms with Gasteiger partial charge in [0.1, 0.15) is 12.6 Å². The van der Waals surface area contributed by atoms with Crippen LogP contribution < -0.4 is 15.5 Å². The molecular weight excluding hydrogens is 482 g/mol. The molecule has 35 heavy (non-hydrogen) atoms. The number of carbonyl (C=O) groups excluding carboxylic acids is 1. The van der Waals surface area contributed by atoms with Crippen molar-refractivity contribution in [2.75, 3.05) is 23.9 Å². The fourth-order valence-corrected chi connectivity index (χ4v) is 5.75. The molecule has 1 saturated carbocycles. The number of aromatic nitrogens is 2. The van der Waals surface area contributed by atoms with Gasteiger partial charge in [0, 0.05) is 36.9 Å². The van der Waals surface area contributed by atoms with Crippen LogP contribution in [0.1, 0.15) is 55.2 Å². The molecule has 2 N–H and O–H groups in total. The number of rotatable bonds is 7. The summed E-state index contributed by atoms with van der Waals surface area (Å²) < 4.78 is 7.31. The molecule has 2 atom stereocenters. The number of anilines is 2. The van der Waals surface area contributed by atoms with Crippen LogP contribution in [0.5, 0.6) is 0 Å². The van der Waals surface area contributed by atoms with E-state index in [9.17, 15) is 4.79 Å². The molecule has 3 heterocycles. The lowest BCUT2D eigenvalue weighted by atomic mass is 10.00. The number of nitrogens with zero attached hydrogens (tertiary/aromatic N) is 3. The van der Waals surface area contributed by atoms with Crippen LogP contribution >= 0.6 is 23.8 Å². The monoisotopic (exact) mass is 509 g/mol. The number of hydrogen-bond donors (Lipinski definition) is 2. The van der Waals surface area contributed by atoms with Crippen molar-refractivity contribution in [1.29, 1.82) is 0 Å². The first-order valence-corrected chi connectivity index (χ1v) is 12.6. The molecule has 0 unspecified atom stereocenters. The molecule has 2 aliphatic rings. The van der Waals surface area contributed by atoms with Crippen LogP contribution in [0.25, 0.3) is 0 Å². The average Bonchev–Trinajstić information content (AvgIpc) is 3.60. The Hall–Kier alpha value is -2.94. The third-order valence-electron chi connectivity index (χ3n) is 6.71. The Balaban J connectivity index is 1.54. The molecule has 1 amide bonds. The topological polar surface area (TPSA) is 71.4 Å². The summed E-state index contributed by atoms with van der Waals surface area (Å²) in [6.07, 6.45) is 8.86. The minimum absolute atomic E-state index is 0.0375. The number of amides is 1. The molecule has 2 fully saturated rings. The van der Waals surface area contributed by atoms with E-state index in [1.807, 2.05) is 36.5 Å². The van der Waals surface area contributed by atoms with Gasteiger partial charge < -0.3 is 24.8 Å². The van der Waals surface area contributed by atoms with Gasteiger partial charge in [0.2, 0.25) is 5.91 Å². The first kappa shape index (κ1) is 23.8. The van der Waals surface area contributed by atoms with Gasteiger partial charge in [0.25, 0.3) is 0 Å². The molecule has 9 heteroatoms. The van der Waals surface area contributed by atoms with Crippen LogP contribution in [-0.4, -0.2) is 34.3 Å². The molecule has 1 aliphatic carbocycles. The van der Waals surface area contributed by atoms with E-state index in [4.69, 9.17) is 28.6 Å². The van der Waals surface area contributed by atoms with E-state index in [0.29, 0.717) is 21.9 Å². The number of benzene rings is 1. The summed E-state index contributed by atoms with van der Waals surface area (Å²) in [5.74, 6) is -0.261. The summed E-state index contributed by atoms with van der Waals surface area (Å²) in [4.78, 5) is 18.7. The Morgan fingerprint density at radius 3 is 2.77 bits per heavy atom. The number of halogens is 1. The number of pyridine rings is 1. The SMILES string of the molecule is COCC(=O)Nc1ccc(N2C(=S)N[C@@H](c3ccccn3)[C@H]2c2cccn2C2CCCC2)cc1Cl. The first-order chi connectivity index (χ1) is 17.1. The number of nitrogens with one attached hydrogen (secondary N) is 2. The second kappa shape index (κ2) is 10.4. The van der Waals surface area contributed by atoms with Crippen LogP contribution in [0.15, 0.2) is 60.9 Å². The van der Waals surface area contributed by atoms with E-state index < -0.39 is 0 Å². The molecule has 1 aromatic carbocycles. The lowest BCUT2D eigenvalue weighted by Crippen LogP contribution is -2.30. The van der Waals surface area contributed by atoms with Gasteiger partial charge >= 0.3 is 0 Å². The van der Waals surface area contributed by atoms with Crippen LogP contribution in [0.3, 0.4) is 0 Å². The van der Waals surface area contributed by atoms with Crippen molar-refractivity contribution in [3.05, 3.63) is 77.3 Å². The van der Waals surface area contributed by atoms with Crippen molar-refractivity contribution in [3.63, 3.8) is 0 Å². The smallest absolute Gasteiger partial charge is 0.250 e. The Morgan fingerprint density at radius 1 is 1.23 bits per heavy atom. The lowest BCUT2D eigenvalue weighted by molar-refractivity contribution is -0.119. The number of ether oxygens (including phenoxy) is 1. The summed E-state index contributed by atoms with van der Waals surface area (Å²) in [5.41, 5.74) is 3.49. The van der Waals surface area contributed by atoms with E-state index in [-0.39, 0.29) is 24.6 Å². The van der Waals surface area contributed by atoms with Crippen molar-refractivity contribution in [2.45, 2.75) is 43.8 Å². The number of methoxy groups -OCH3 is 1. The summed E-state index contributed by atoms with van der Waals surface area (Å²) in [6.45, 7) is -0.0375. The molecule has 0 radical (unpaired) electrons. The summed E-state index contributed by atoms with van der Waals surface area (Å²) in [7, 11) is 1.48. The van der Waals surface area contributed by atoms with Crippen LogP contribution in [0.2, 0.25) is 5.02 Å². The minimum atomic E-state index is -0.261. The predicted octanol–water partition coefficient (Wildman–Crippen LogP) is 5.41. The summed E-state index contributed by atoms with van der Waals surface area (Å²) in [6, 6.07) is 16.1. The van der Waals surface area contributed by atoms with E-state index in [1.165, 1.54) is 38.5 Å². The lowest BCUT2D eigenvalue weighted by Gasteiger charge is -2.30. The zero-order chi connectivity index (χ0) is 24.4. The highest BCUT2D eigenvalue weighted by Crippen LogP contribution is 2.44. The molecule has 0 bridgehead atoms. The van der Waals surface area contributed by atoms with Crippen molar-refractivity contribution in [3.8, 4) is 0 Å². The summed E-state index contributed by atoms with van der Waals surface area (Å²) in [5, 5.41) is 7.33. The molecule has 1 aliphatic heterocycles. The largest absolute Gasteiger partial charge is 0.375 e. The third-order valence-corrected chi connectivity index (χ3v) is 7.34. The zero-order valence-electron chi connectivity index (χ0n) is 19.5. The maximum atomic E-state index is 12.0. The second-order valence-corrected chi connectivity index (χ2v) is 9.71. The minimum Gasteiger partial charge on any atom is -0.375 e. The number of thiocarbonyl (C=S) groups is 1. The van der Waals surface area contributed by atoms with Gasteiger partial charge in [-0.2, -0.15) is 0 Å². The van der Waals surface area contributed by atoms with E-state index in [0.717, 1.165) is 11.4 Å². The van der Waals surface area contributed by atoms with Gasteiger partial charge in [-0.1, -0.05) is 30.5 Å². The maximum Gasteiger partial charge on any atom is 0.250 e. The van der Waals surface area contributed by atoms with Crippen molar-refractivity contribution < 1.29 is 9.53 Å². The second-order valence-electron chi connectivity index (χ2n) is 8.92. The van der Waals surface area contributed by atoms with E-state index in [2.05, 4.69) is 43.4 Å². The van der Waals surface area contributed by atoms with Crippen LogP contribution in [0.4, 0.5) is 11.4 Å².